The number of thioether (sulfide) groups is 1. The van der Waals surface area contributed by atoms with Gasteiger partial charge in [0, 0.05) is 23.6 Å². The van der Waals surface area contributed by atoms with Crippen LogP contribution in [0.2, 0.25) is 0 Å². The molecule has 2 aliphatic rings. The summed E-state index contributed by atoms with van der Waals surface area (Å²) in [6, 6.07) is 8.90. The first-order valence-electron chi connectivity index (χ1n) is 10.5. The molecule has 0 bridgehead atoms. The molecular weight excluding hydrogens is 458 g/mol. The zero-order valence-corrected chi connectivity index (χ0v) is 19.3. The number of ether oxygens (including phenoxy) is 1. The molecule has 3 N–H and O–H groups in total. The minimum Gasteiger partial charge on any atom is -0.496 e. The molecule has 1 saturated heterocycles. The number of hydrogen-bond acceptors (Lipinski definition) is 6. The minimum absolute atomic E-state index is 0.169. The van der Waals surface area contributed by atoms with E-state index in [1.54, 1.807) is 30.3 Å². The number of rotatable bonds is 6. The van der Waals surface area contributed by atoms with Crippen LogP contribution in [-0.2, 0) is 9.59 Å². The molecule has 2 aromatic rings. The SMILES string of the molecule is COc1cc(SC)ccc1C(=O)N[C@@H]1C[C@@H]2C(=O)Nc3ccc(C=CC(=O)O)cc3C(=O)N2C1. The van der Waals surface area contributed by atoms with Gasteiger partial charge in [0.2, 0.25) is 5.91 Å². The molecule has 0 spiro atoms. The Morgan fingerprint density at radius 2 is 2.03 bits per heavy atom. The summed E-state index contributed by atoms with van der Waals surface area (Å²) in [6.07, 6.45) is 4.56. The van der Waals surface area contributed by atoms with Gasteiger partial charge < -0.3 is 25.4 Å². The Labute approximate surface area is 200 Å². The number of anilines is 1. The zero-order chi connectivity index (χ0) is 24.4. The molecule has 1 fully saturated rings. The number of carbonyl (C=O) groups excluding carboxylic acids is 3. The molecular formula is C24H23N3O6S. The van der Waals surface area contributed by atoms with Gasteiger partial charge in [0.1, 0.15) is 11.8 Å². The van der Waals surface area contributed by atoms with Crippen molar-refractivity contribution in [2.24, 2.45) is 0 Å². The van der Waals surface area contributed by atoms with Crippen LogP contribution in [0.25, 0.3) is 6.08 Å². The molecule has 0 aromatic heterocycles. The third-order valence-electron chi connectivity index (χ3n) is 5.80. The normalized spacial score (nSPS) is 19.3. The van der Waals surface area contributed by atoms with Gasteiger partial charge in [-0.3, -0.25) is 14.4 Å². The fourth-order valence-electron chi connectivity index (χ4n) is 4.15. The molecule has 176 valence electrons. The van der Waals surface area contributed by atoms with E-state index in [-0.39, 0.29) is 36.3 Å². The molecule has 10 heteroatoms. The number of nitrogens with zero attached hydrogens (tertiary/aromatic N) is 1. The third kappa shape index (κ3) is 4.62. The Kier molecular flexibility index (Phi) is 6.60. The van der Waals surface area contributed by atoms with Crippen molar-refractivity contribution in [1.82, 2.24) is 10.2 Å². The van der Waals surface area contributed by atoms with E-state index < -0.39 is 18.1 Å². The van der Waals surface area contributed by atoms with Crippen molar-refractivity contribution in [1.29, 1.82) is 0 Å². The van der Waals surface area contributed by atoms with Crippen LogP contribution in [0.3, 0.4) is 0 Å². The largest absolute Gasteiger partial charge is 0.496 e. The minimum atomic E-state index is -1.10. The van der Waals surface area contributed by atoms with E-state index >= 15 is 0 Å². The maximum atomic E-state index is 13.3. The highest BCUT2D eigenvalue weighted by atomic mass is 32.2. The third-order valence-corrected chi connectivity index (χ3v) is 6.53. The van der Waals surface area contributed by atoms with E-state index in [1.165, 1.54) is 29.8 Å². The van der Waals surface area contributed by atoms with Crippen LogP contribution < -0.4 is 15.4 Å². The summed E-state index contributed by atoms with van der Waals surface area (Å²) in [5, 5.41) is 14.5. The summed E-state index contributed by atoms with van der Waals surface area (Å²) < 4.78 is 5.36. The van der Waals surface area contributed by atoms with Crippen LogP contribution in [-0.4, -0.2) is 65.7 Å². The number of aliphatic carboxylic acids is 1. The van der Waals surface area contributed by atoms with Crippen LogP contribution in [0.15, 0.2) is 47.4 Å². The average Bonchev–Trinajstić information content (AvgIpc) is 3.22. The second kappa shape index (κ2) is 9.60. The van der Waals surface area contributed by atoms with E-state index in [1.807, 2.05) is 12.3 Å². The van der Waals surface area contributed by atoms with Crippen molar-refractivity contribution < 1.29 is 29.0 Å². The number of benzene rings is 2. The van der Waals surface area contributed by atoms with Gasteiger partial charge in [0.05, 0.1) is 23.9 Å². The van der Waals surface area contributed by atoms with Crippen molar-refractivity contribution >= 4 is 47.2 Å². The molecule has 0 radical (unpaired) electrons. The maximum Gasteiger partial charge on any atom is 0.328 e. The summed E-state index contributed by atoms with van der Waals surface area (Å²) >= 11 is 1.53. The molecule has 0 aliphatic carbocycles. The predicted molar refractivity (Wildman–Crippen MR) is 127 cm³/mol. The van der Waals surface area contributed by atoms with Gasteiger partial charge in [-0.1, -0.05) is 6.07 Å². The number of carboxylic acids is 1. The van der Waals surface area contributed by atoms with Crippen molar-refractivity contribution in [3.05, 3.63) is 59.2 Å². The first-order valence-corrected chi connectivity index (χ1v) is 11.7. The number of methoxy groups -OCH3 is 1. The maximum absolute atomic E-state index is 13.3. The van der Waals surface area contributed by atoms with Gasteiger partial charge in [-0.25, -0.2) is 4.79 Å². The molecule has 0 unspecified atom stereocenters. The van der Waals surface area contributed by atoms with Crippen LogP contribution in [0.5, 0.6) is 5.75 Å². The lowest BCUT2D eigenvalue weighted by Crippen LogP contribution is -2.41. The van der Waals surface area contributed by atoms with Crippen LogP contribution in [0, 0.1) is 0 Å². The Morgan fingerprint density at radius 1 is 1.24 bits per heavy atom. The van der Waals surface area contributed by atoms with Gasteiger partial charge in [0.15, 0.2) is 0 Å². The van der Waals surface area contributed by atoms with Gasteiger partial charge in [-0.2, -0.15) is 0 Å². The number of amides is 3. The monoisotopic (exact) mass is 481 g/mol. The molecule has 9 nitrogen and oxygen atoms in total. The zero-order valence-electron chi connectivity index (χ0n) is 18.5. The van der Waals surface area contributed by atoms with Crippen molar-refractivity contribution in [2.75, 3.05) is 25.2 Å². The highest BCUT2D eigenvalue weighted by Gasteiger charge is 2.43. The summed E-state index contributed by atoms with van der Waals surface area (Å²) in [5.74, 6) is -1.70. The molecule has 2 heterocycles. The quantitative estimate of drug-likeness (QED) is 0.428. The van der Waals surface area contributed by atoms with E-state index in [2.05, 4.69) is 10.6 Å². The lowest BCUT2D eigenvalue weighted by Gasteiger charge is -2.20. The van der Waals surface area contributed by atoms with Crippen LogP contribution in [0.1, 0.15) is 32.7 Å². The number of carbonyl (C=O) groups is 4. The molecule has 2 aliphatic heterocycles. The van der Waals surface area contributed by atoms with Gasteiger partial charge >= 0.3 is 5.97 Å². The fraction of sp³-hybridized carbons (Fsp3) is 0.250. The van der Waals surface area contributed by atoms with Crippen LogP contribution in [0.4, 0.5) is 5.69 Å². The summed E-state index contributed by atoms with van der Waals surface area (Å²) in [6.45, 7) is 0.169. The topological polar surface area (TPSA) is 125 Å². The first kappa shape index (κ1) is 23.4. The number of carboxylic acid groups (broad SMARTS) is 1. The summed E-state index contributed by atoms with van der Waals surface area (Å²) in [7, 11) is 1.50. The molecule has 0 saturated carbocycles. The highest BCUT2D eigenvalue weighted by Crippen LogP contribution is 2.31. The Balaban J connectivity index is 1.54. The van der Waals surface area contributed by atoms with E-state index in [0.29, 0.717) is 22.6 Å². The standard InChI is InChI=1S/C24H23N3O6S/c1-33-20-11-15(34-2)5-6-16(20)22(30)25-14-10-19-23(31)26-18-7-3-13(4-8-21(28)29)9-17(18)24(32)27(19)12-14/h3-9,11,14,19H,10,12H2,1-2H3,(H,25,30)(H,26,31)(H,28,29)/t14-,19-/m1/s1. The van der Waals surface area contributed by atoms with Gasteiger partial charge in [-0.15, -0.1) is 11.8 Å². The first-order chi connectivity index (χ1) is 16.3. The molecule has 4 rings (SSSR count). The summed E-state index contributed by atoms with van der Waals surface area (Å²) in [4.78, 5) is 52.3. The van der Waals surface area contributed by atoms with E-state index in [9.17, 15) is 19.2 Å². The number of fused-ring (bicyclic) bond motifs is 2. The van der Waals surface area contributed by atoms with Crippen molar-refractivity contribution in [3.8, 4) is 5.75 Å². The summed E-state index contributed by atoms with van der Waals surface area (Å²) in [5.41, 5.74) is 1.53. The lowest BCUT2D eigenvalue weighted by molar-refractivity contribution is -0.131. The number of hydrogen-bond donors (Lipinski definition) is 3. The van der Waals surface area contributed by atoms with Gasteiger partial charge in [-0.05, 0) is 54.6 Å². The fourth-order valence-corrected chi connectivity index (χ4v) is 4.58. The Bertz CT molecular complexity index is 1210. The predicted octanol–water partition coefficient (Wildman–Crippen LogP) is 2.48. The molecule has 2 aromatic carbocycles. The highest BCUT2D eigenvalue weighted by molar-refractivity contribution is 7.98. The lowest BCUT2D eigenvalue weighted by atomic mass is 10.1. The van der Waals surface area contributed by atoms with Crippen molar-refractivity contribution in [3.63, 3.8) is 0 Å². The van der Waals surface area contributed by atoms with Gasteiger partial charge in [0.25, 0.3) is 11.8 Å². The van der Waals surface area contributed by atoms with Crippen LogP contribution >= 0.6 is 11.8 Å². The smallest absolute Gasteiger partial charge is 0.328 e. The van der Waals surface area contributed by atoms with E-state index in [0.717, 1.165) is 11.0 Å². The Morgan fingerprint density at radius 3 is 2.74 bits per heavy atom. The molecule has 3 amide bonds. The van der Waals surface area contributed by atoms with E-state index in [4.69, 9.17) is 9.84 Å². The molecule has 34 heavy (non-hydrogen) atoms. The number of nitrogens with one attached hydrogen (secondary N) is 2. The second-order valence-electron chi connectivity index (χ2n) is 7.91. The molecule has 2 atom stereocenters. The van der Waals surface area contributed by atoms with Crippen molar-refractivity contribution in [2.45, 2.75) is 23.4 Å². The average molecular weight is 482 g/mol. The Hall–Kier alpha value is -3.79. The second-order valence-corrected chi connectivity index (χ2v) is 8.79.